The second-order valence-electron chi connectivity index (χ2n) is 5.32. The van der Waals surface area contributed by atoms with Gasteiger partial charge in [0.1, 0.15) is 11.3 Å². The molecule has 1 aliphatic heterocycles. The van der Waals surface area contributed by atoms with E-state index in [4.69, 9.17) is 5.11 Å². The zero-order chi connectivity index (χ0) is 14.0. The first kappa shape index (κ1) is 16.3. The Bertz CT molecular complexity index is 561. The lowest BCUT2D eigenvalue weighted by Gasteiger charge is -2.21. The van der Waals surface area contributed by atoms with Gasteiger partial charge in [-0.25, -0.2) is 0 Å². The summed E-state index contributed by atoms with van der Waals surface area (Å²) < 4.78 is 0. The highest BCUT2D eigenvalue weighted by Crippen LogP contribution is 2.30. The molecule has 1 unspecified atom stereocenters. The predicted octanol–water partition coefficient (Wildman–Crippen LogP) is 1.01. The molecule has 21 heavy (non-hydrogen) atoms. The number of hydrogen-bond donors (Lipinski definition) is 3. The van der Waals surface area contributed by atoms with Gasteiger partial charge in [0.25, 0.3) is 0 Å². The molecule has 1 aliphatic rings. The van der Waals surface area contributed by atoms with Crippen molar-refractivity contribution in [2.24, 2.45) is 0 Å². The molecule has 1 atom stereocenters. The van der Waals surface area contributed by atoms with Crippen molar-refractivity contribution in [1.82, 2.24) is 20.3 Å². The molecule has 2 aromatic rings. The zero-order valence-corrected chi connectivity index (χ0v) is 13.9. The molecule has 1 aromatic heterocycles. The van der Waals surface area contributed by atoms with Crippen LogP contribution in [0.3, 0.4) is 0 Å². The summed E-state index contributed by atoms with van der Waals surface area (Å²) in [6.45, 7) is 2.23. The largest absolute Gasteiger partial charge is 0.392 e. The molecule has 6 nitrogen and oxygen atoms in total. The van der Waals surface area contributed by atoms with Crippen LogP contribution in [0.4, 0.5) is 0 Å². The molecule has 7 heteroatoms. The Balaban J connectivity index is 0.00000161. The molecule has 0 amide bonds. The molecule has 114 valence electrons. The third-order valence-corrected chi connectivity index (χ3v) is 3.83. The first-order chi connectivity index (χ1) is 9.69. The van der Waals surface area contributed by atoms with Crippen LogP contribution in [0.5, 0.6) is 0 Å². The topological polar surface area (TPSA) is 85.3 Å². The van der Waals surface area contributed by atoms with Crippen molar-refractivity contribution in [3.05, 3.63) is 47.3 Å². The molecule has 1 fully saturated rings. The lowest BCUT2D eigenvalue weighted by Crippen LogP contribution is -2.31. The van der Waals surface area contributed by atoms with E-state index in [0.717, 1.165) is 18.7 Å². The highest BCUT2D eigenvalue weighted by Gasteiger charge is 2.39. The Morgan fingerprint density at radius 1 is 1.24 bits per heavy atom. The second-order valence-corrected chi connectivity index (χ2v) is 5.32. The Morgan fingerprint density at radius 3 is 2.57 bits per heavy atom. The van der Waals surface area contributed by atoms with Crippen molar-refractivity contribution < 1.29 is 10.2 Å². The summed E-state index contributed by atoms with van der Waals surface area (Å²) in [6, 6.07) is 7.88. The maximum atomic E-state index is 10.6. The third kappa shape index (κ3) is 3.60. The summed E-state index contributed by atoms with van der Waals surface area (Å²) in [5.41, 5.74) is 1.79. The van der Waals surface area contributed by atoms with Crippen LogP contribution in [0.2, 0.25) is 0 Å². The van der Waals surface area contributed by atoms with E-state index in [1.165, 1.54) is 5.56 Å². The molecule has 0 bridgehead atoms. The molecule has 2 heterocycles. The number of H-pyrrole nitrogens is 1. The van der Waals surface area contributed by atoms with E-state index in [1.54, 1.807) is 6.20 Å². The standard InChI is InChI=1S/C14H18N4O2.HI/c19-9-12-3-1-11(2-4-12)8-18-6-5-14(20,10-18)13-7-15-17-16-13;/h1-4,7,19-20H,5-6,8-10H2,(H,15,16,17);1H. The Labute approximate surface area is 140 Å². The number of aliphatic hydroxyl groups is 2. The maximum absolute atomic E-state index is 10.6. The third-order valence-electron chi connectivity index (χ3n) is 3.83. The number of nitrogens with one attached hydrogen (secondary N) is 1. The van der Waals surface area contributed by atoms with Crippen LogP contribution in [0, 0.1) is 0 Å². The minimum Gasteiger partial charge on any atom is -0.392 e. The molecular formula is C14H19IN4O2. The van der Waals surface area contributed by atoms with Crippen LogP contribution in [0.1, 0.15) is 23.2 Å². The minimum absolute atomic E-state index is 0. The SMILES string of the molecule is I.OCc1ccc(CN2CCC(O)(c3cn[nH]n3)C2)cc1. The summed E-state index contributed by atoms with van der Waals surface area (Å²) in [7, 11) is 0. The monoisotopic (exact) mass is 402 g/mol. The van der Waals surface area contributed by atoms with Crippen LogP contribution < -0.4 is 0 Å². The number of benzene rings is 1. The predicted molar refractivity (Wildman–Crippen MR) is 88.0 cm³/mol. The van der Waals surface area contributed by atoms with Gasteiger partial charge in [-0.2, -0.15) is 15.4 Å². The normalized spacial score (nSPS) is 22.2. The van der Waals surface area contributed by atoms with Gasteiger partial charge in [-0.3, -0.25) is 4.90 Å². The van der Waals surface area contributed by atoms with Gasteiger partial charge in [0.05, 0.1) is 12.8 Å². The smallest absolute Gasteiger partial charge is 0.124 e. The average molecular weight is 402 g/mol. The molecule has 0 saturated carbocycles. The number of nitrogens with zero attached hydrogens (tertiary/aromatic N) is 3. The Hall–Kier alpha value is -1.03. The summed E-state index contributed by atoms with van der Waals surface area (Å²) >= 11 is 0. The fourth-order valence-corrected chi connectivity index (χ4v) is 2.65. The van der Waals surface area contributed by atoms with Crippen LogP contribution in [0.25, 0.3) is 0 Å². The van der Waals surface area contributed by atoms with E-state index in [-0.39, 0.29) is 30.6 Å². The van der Waals surface area contributed by atoms with Crippen LogP contribution in [-0.2, 0) is 18.8 Å². The van der Waals surface area contributed by atoms with Crippen molar-refractivity contribution in [3.63, 3.8) is 0 Å². The fraction of sp³-hybridized carbons (Fsp3) is 0.429. The highest BCUT2D eigenvalue weighted by molar-refractivity contribution is 14.0. The number of aliphatic hydroxyl groups excluding tert-OH is 1. The molecule has 3 N–H and O–H groups in total. The van der Waals surface area contributed by atoms with Crippen LogP contribution >= 0.6 is 24.0 Å². The van der Waals surface area contributed by atoms with Gasteiger partial charge in [0, 0.05) is 19.6 Å². The second kappa shape index (κ2) is 6.82. The van der Waals surface area contributed by atoms with Crippen LogP contribution in [-0.4, -0.2) is 43.6 Å². The average Bonchev–Trinajstić information content (AvgIpc) is 3.11. The first-order valence-corrected chi connectivity index (χ1v) is 6.69. The van der Waals surface area contributed by atoms with Crippen molar-refractivity contribution in [2.45, 2.75) is 25.2 Å². The maximum Gasteiger partial charge on any atom is 0.124 e. The Kier molecular flexibility index (Phi) is 5.31. The van der Waals surface area contributed by atoms with E-state index in [9.17, 15) is 5.11 Å². The van der Waals surface area contributed by atoms with Gasteiger partial charge in [-0.15, -0.1) is 24.0 Å². The summed E-state index contributed by atoms with van der Waals surface area (Å²) in [5.74, 6) is 0. The molecule has 1 saturated heterocycles. The van der Waals surface area contributed by atoms with E-state index in [2.05, 4.69) is 20.3 Å². The summed E-state index contributed by atoms with van der Waals surface area (Å²) in [4.78, 5) is 2.20. The van der Waals surface area contributed by atoms with E-state index in [1.807, 2.05) is 24.3 Å². The van der Waals surface area contributed by atoms with Crippen molar-refractivity contribution in [1.29, 1.82) is 0 Å². The number of halogens is 1. The molecule has 3 rings (SSSR count). The lowest BCUT2D eigenvalue weighted by atomic mass is 10.00. The van der Waals surface area contributed by atoms with E-state index >= 15 is 0 Å². The van der Waals surface area contributed by atoms with Gasteiger partial charge < -0.3 is 10.2 Å². The number of likely N-dealkylation sites (tertiary alicyclic amines) is 1. The van der Waals surface area contributed by atoms with Crippen molar-refractivity contribution in [2.75, 3.05) is 13.1 Å². The molecular weight excluding hydrogens is 383 g/mol. The van der Waals surface area contributed by atoms with Crippen LogP contribution in [0.15, 0.2) is 30.5 Å². The van der Waals surface area contributed by atoms with Gasteiger partial charge >= 0.3 is 0 Å². The quantitative estimate of drug-likeness (QED) is 0.665. The highest BCUT2D eigenvalue weighted by atomic mass is 127. The summed E-state index contributed by atoms with van der Waals surface area (Å²) in [6.07, 6.45) is 2.24. The van der Waals surface area contributed by atoms with Gasteiger partial charge in [0.2, 0.25) is 0 Å². The van der Waals surface area contributed by atoms with Gasteiger partial charge in [-0.1, -0.05) is 24.3 Å². The van der Waals surface area contributed by atoms with Gasteiger partial charge in [-0.05, 0) is 17.5 Å². The summed E-state index contributed by atoms with van der Waals surface area (Å²) in [5, 5.41) is 29.9. The molecule has 0 radical (unpaired) electrons. The first-order valence-electron chi connectivity index (χ1n) is 6.69. The fourth-order valence-electron chi connectivity index (χ4n) is 2.65. The number of β-amino-alcohol motifs (C(OH)–C–C–N with tert-alkyl or cyclic N) is 1. The lowest BCUT2D eigenvalue weighted by molar-refractivity contribution is 0.0409. The van der Waals surface area contributed by atoms with Gasteiger partial charge in [0.15, 0.2) is 0 Å². The molecule has 1 aromatic carbocycles. The molecule has 0 spiro atoms. The zero-order valence-electron chi connectivity index (χ0n) is 11.6. The van der Waals surface area contributed by atoms with E-state index < -0.39 is 5.60 Å². The number of aromatic nitrogens is 3. The number of aromatic amines is 1. The molecule has 0 aliphatic carbocycles. The number of rotatable bonds is 4. The number of hydrogen-bond acceptors (Lipinski definition) is 5. The van der Waals surface area contributed by atoms with Crippen molar-refractivity contribution >= 4 is 24.0 Å². The van der Waals surface area contributed by atoms with E-state index in [0.29, 0.717) is 18.7 Å². The minimum atomic E-state index is -0.905. The van der Waals surface area contributed by atoms with Crippen molar-refractivity contribution in [3.8, 4) is 0 Å². The Morgan fingerprint density at radius 2 is 1.95 bits per heavy atom.